The number of nitrogens with zero attached hydrogens (tertiary/aromatic N) is 1. The predicted molar refractivity (Wildman–Crippen MR) is 55.1 cm³/mol. The van der Waals surface area contributed by atoms with Crippen molar-refractivity contribution in [3.63, 3.8) is 0 Å². The van der Waals surface area contributed by atoms with Crippen LogP contribution in [0.1, 0.15) is 11.1 Å². The maximum absolute atomic E-state index is 10.6. The molecule has 0 aliphatic rings. The Hall–Kier alpha value is -0.610. The summed E-state index contributed by atoms with van der Waals surface area (Å²) in [5, 5.41) is 10.6. The van der Waals surface area contributed by atoms with E-state index in [1.807, 2.05) is 6.92 Å². The average molecular weight is 265 g/mol. The van der Waals surface area contributed by atoms with E-state index in [4.69, 9.17) is 11.6 Å². The lowest BCUT2D eigenvalue weighted by Crippen LogP contribution is -1.94. The van der Waals surface area contributed by atoms with Gasteiger partial charge in [0.2, 0.25) is 0 Å². The lowest BCUT2D eigenvalue weighted by Gasteiger charge is -2.02. The molecule has 0 fully saturated rings. The summed E-state index contributed by atoms with van der Waals surface area (Å²) in [5.74, 6) is 0.157. The van der Waals surface area contributed by atoms with Crippen molar-refractivity contribution in [2.75, 3.05) is 0 Å². The lowest BCUT2D eigenvalue weighted by atomic mass is 10.1. The fourth-order valence-corrected chi connectivity index (χ4v) is 1.55. The third-order valence-corrected chi connectivity index (χ3v) is 2.84. The molecular weight excluding hydrogens is 257 g/mol. The second-order valence-electron chi connectivity index (χ2n) is 2.62. The van der Waals surface area contributed by atoms with E-state index < -0.39 is 4.92 Å². The molecule has 0 saturated heterocycles. The van der Waals surface area contributed by atoms with Crippen molar-refractivity contribution in [2.24, 2.45) is 0 Å². The van der Waals surface area contributed by atoms with Gasteiger partial charge in [-0.25, -0.2) is 0 Å². The predicted octanol–water partition coefficient (Wildman–Crippen LogP) is 3.40. The normalized spacial score (nSPS) is 10.1. The summed E-state index contributed by atoms with van der Waals surface area (Å²) in [4.78, 5) is 10.1. The van der Waals surface area contributed by atoms with Crippen molar-refractivity contribution in [3.05, 3.63) is 37.8 Å². The number of alkyl halides is 1. The van der Waals surface area contributed by atoms with Crippen LogP contribution in [0.5, 0.6) is 0 Å². The second-order valence-corrected chi connectivity index (χ2v) is 3.74. The van der Waals surface area contributed by atoms with Crippen LogP contribution in [-0.2, 0) is 5.88 Å². The summed E-state index contributed by atoms with van der Waals surface area (Å²) >= 11 is 8.81. The molecule has 0 heterocycles. The number of benzene rings is 1. The summed E-state index contributed by atoms with van der Waals surface area (Å²) in [6.07, 6.45) is 0. The molecule has 0 N–H and O–H groups in total. The summed E-state index contributed by atoms with van der Waals surface area (Å²) in [6, 6.07) is 3.20. The molecule has 1 aromatic rings. The molecule has 70 valence electrons. The first-order valence-electron chi connectivity index (χ1n) is 3.55. The Morgan fingerprint density at radius 1 is 1.62 bits per heavy atom. The van der Waals surface area contributed by atoms with Crippen molar-refractivity contribution in [1.29, 1.82) is 0 Å². The van der Waals surface area contributed by atoms with Gasteiger partial charge in [-0.1, -0.05) is 15.9 Å². The highest BCUT2D eigenvalue weighted by Crippen LogP contribution is 2.27. The molecular formula is C8H7BrClNO2. The van der Waals surface area contributed by atoms with Gasteiger partial charge < -0.3 is 0 Å². The van der Waals surface area contributed by atoms with E-state index in [9.17, 15) is 10.1 Å². The van der Waals surface area contributed by atoms with Gasteiger partial charge >= 0.3 is 0 Å². The van der Waals surface area contributed by atoms with E-state index in [1.165, 1.54) is 6.07 Å². The van der Waals surface area contributed by atoms with Gasteiger partial charge in [0, 0.05) is 16.1 Å². The van der Waals surface area contributed by atoms with Crippen LogP contribution in [0.15, 0.2) is 16.6 Å². The standard InChI is InChI=1S/C8H7BrClNO2/c1-5-2-6(4-10)8(11(12)13)3-7(5)9/h2-3H,4H2,1H3. The van der Waals surface area contributed by atoms with Crippen LogP contribution >= 0.6 is 27.5 Å². The molecule has 0 bridgehead atoms. The summed E-state index contributed by atoms with van der Waals surface area (Å²) in [6.45, 7) is 1.86. The lowest BCUT2D eigenvalue weighted by molar-refractivity contribution is -0.385. The summed E-state index contributed by atoms with van der Waals surface area (Å²) < 4.78 is 0.730. The Morgan fingerprint density at radius 2 is 2.23 bits per heavy atom. The SMILES string of the molecule is Cc1cc(CCl)c([N+](=O)[O-])cc1Br. The molecule has 0 radical (unpaired) electrons. The van der Waals surface area contributed by atoms with Crippen LogP contribution in [-0.4, -0.2) is 4.92 Å². The third-order valence-electron chi connectivity index (χ3n) is 1.70. The molecule has 5 heteroatoms. The van der Waals surface area contributed by atoms with Crippen LogP contribution in [0, 0.1) is 17.0 Å². The minimum absolute atomic E-state index is 0.0625. The highest BCUT2D eigenvalue weighted by Gasteiger charge is 2.14. The van der Waals surface area contributed by atoms with Crippen LogP contribution in [0.4, 0.5) is 5.69 Å². The van der Waals surface area contributed by atoms with E-state index in [0.29, 0.717) is 5.56 Å². The average Bonchev–Trinajstić information content (AvgIpc) is 2.08. The minimum Gasteiger partial charge on any atom is -0.258 e. The van der Waals surface area contributed by atoms with Crippen molar-refractivity contribution in [3.8, 4) is 0 Å². The molecule has 3 nitrogen and oxygen atoms in total. The van der Waals surface area contributed by atoms with Gasteiger partial charge in [0.15, 0.2) is 0 Å². The molecule has 0 aliphatic carbocycles. The molecule has 1 aromatic carbocycles. The van der Waals surface area contributed by atoms with Crippen molar-refractivity contribution in [2.45, 2.75) is 12.8 Å². The number of nitro benzene ring substituents is 1. The van der Waals surface area contributed by atoms with Gasteiger partial charge in [-0.05, 0) is 18.6 Å². The fraction of sp³-hybridized carbons (Fsp3) is 0.250. The Balaban J connectivity index is 3.33. The number of halogens is 2. The van der Waals surface area contributed by atoms with E-state index in [2.05, 4.69) is 15.9 Å². The molecule has 0 aliphatic heterocycles. The van der Waals surface area contributed by atoms with Crippen molar-refractivity contribution in [1.82, 2.24) is 0 Å². The maximum atomic E-state index is 10.6. The first kappa shape index (κ1) is 10.5. The first-order chi connectivity index (χ1) is 6.06. The summed E-state index contributed by atoms with van der Waals surface area (Å²) in [5.41, 5.74) is 1.56. The largest absolute Gasteiger partial charge is 0.274 e. The molecule has 0 spiro atoms. The molecule has 0 saturated carbocycles. The molecule has 13 heavy (non-hydrogen) atoms. The smallest absolute Gasteiger partial charge is 0.258 e. The zero-order valence-corrected chi connectivity index (χ0v) is 9.22. The number of aryl methyl sites for hydroxylation is 1. The Labute approximate surface area is 89.0 Å². The zero-order chi connectivity index (χ0) is 10.0. The van der Waals surface area contributed by atoms with Gasteiger partial charge in [0.1, 0.15) is 0 Å². The molecule has 0 atom stereocenters. The van der Waals surface area contributed by atoms with Crippen molar-refractivity contribution < 1.29 is 4.92 Å². The number of hydrogen-bond donors (Lipinski definition) is 0. The van der Waals surface area contributed by atoms with Crippen LogP contribution in [0.25, 0.3) is 0 Å². The topological polar surface area (TPSA) is 43.1 Å². The number of hydrogen-bond acceptors (Lipinski definition) is 2. The minimum atomic E-state index is -0.429. The molecule has 1 rings (SSSR count). The molecule has 0 amide bonds. The van der Waals surface area contributed by atoms with Gasteiger partial charge in [0.05, 0.1) is 10.8 Å². The van der Waals surface area contributed by atoms with Crippen LogP contribution in [0.2, 0.25) is 0 Å². The first-order valence-corrected chi connectivity index (χ1v) is 4.88. The number of rotatable bonds is 2. The molecule has 0 aromatic heterocycles. The highest BCUT2D eigenvalue weighted by molar-refractivity contribution is 9.10. The van der Waals surface area contributed by atoms with Gasteiger partial charge in [0.25, 0.3) is 5.69 Å². The molecule has 0 unspecified atom stereocenters. The van der Waals surface area contributed by atoms with E-state index >= 15 is 0 Å². The second kappa shape index (κ2) is 4.07. The van der Waals surface area contributed by atoms with Crippen LogP contribution in [0.3, 0.4) is 0 Å². The monoisotopic (exact) mass is 263 g/mol. The summed E-state index contributed by atoms with van der Waals surface area (Å²) in [7, 11) is 0. The van der Waals surface area contributed by atoms with E-state index in [-0.39, 0.29) is 11.6 Å². The number of nitro groups is 1. The van der Waals surface area contributed by atoms with Gasteiger partial charge in [-0.15, -0.1) is 11.6 Å². The third kappa shape index (κ3) is 2.19. The van der Waals surface area contributed by atoms with E-state index in [1.54, 1.807) is 6.07 Å². The van der Waals surface area contributed by atoms with Crippen molar-refractivity contribution >= 4 is 33.2 Å². The highest BCUT2D eigenvalue weighted by atomic mass is 79.9. The Morgan fingerprint density at radius 3 is 2.69 bits per heavy atom. The maximum Gasteiger partial charge on any atom is 0.274 e. The van der Waals surface area contributed by atoms with Gasteiger partial charge in [-0.3, -0.25) is 10.1 Å². The Kier molecular flexibility index (Phi) is 3.27. The Bertz CT molecular complexity index is 354. The van der Waals surface area contributed by atoms with Crippen LogP contribution < -0.4 is 0 Å². The fourth-order valence-electron chi connectivity index (χ4n) is 1.01. The van der Waals surface area contributed by atoms with E-state index in [0.717, 1.165) is 10.0 Å². The zero-order valence-electron chi connectivity index (χ0n) is 6.88. The quantitative estimate of drug-likeness (QED) is 0.467. The van der Waals surface area contributed by atoms with Gasteiger partial charge in [-0.2, -0.15) is 0 Å².